The van der Waals surface area contributed by atoms with E-state index in [4.69, 9.17) is 4.42 Å². The summed E-state index contributed by atoms with van der Waals surface area (Å²) in [7, 11) is 0. The van der Waals surface area contributed by atoms with Gasteiger partial charge in [-0.2, -0.15) is 0 Å². The summed E-state index contributed by atoms with van der Waals surface area (Å²) in [6, 6.07) is 13.1. The van der Waals surface area contributed by atoms with Crippen LogP contribution in [0, 0.1) is 0 Å². The Hall–Kier alpha value is -2.73. The zero-order valence-electron chi connectivity index (χ0n) is 10.7. The summed E-state index contributed by atoms with van der Waals surface area (Å²) in [5.74, 6) is 0.651. The molecule has 0 bridgehead atoms. The fraction of sp³-hybridized carbons (Fsp3) is 0. The van der Waals surface area contributed by atoms with Crippen LogP contribution in [0.2, 0.25) is 0 Å². The van der Waals surface area contributed by atoms with E-state index in [1.165, 1.54) is 11.3 Å². The van der Waals surface area contributed by atoms with Crippen LogP contribution in [0.15, 0.2) is 57.1 Å². The molecule has 0 amide bonds. The van der Waals surface area contributed by atoms with Crippen molar-refractivity contribution in [1.82, 2.24) is 15.2 Å². The van der Waals surface area contributed by atoms with Gasteiger partial charge in [0.25, 0.3) is 17.3 Å². The van der Waals surface area contributed by atoms with Crippen LogP contribution in [0.3, 0.4) is 0 Å². The van der Waals surface area contributed by atoms with E-state index >= 15 is 0 Å². The molecule has 21 heavy (non-hydrogen) atoms. The monoisotopic (exact) mass is 295 g/mol. The highest BCUT2D eigenvalue weighted by Gasteiger charge is 2.14. The Labute approximate surface area is 122 Å². The van der Waals surface area contributed by atoms with Crippen LogP contribution in [0.4, 0.5) is 0 Å². The number of benzene rings is 1. The average Bonchev–Trinajstić information content (AvgIpc) is 3.17. The predicted molar refractivity (Wildman–Crippen MR) is 81.2 cm³/mol. The Kier molecular flexibility index (Phi) is 2.68. The van der Waals surface area contributed by atoms with Gasteiger partial charge >= 0.3 is 0 Å². The first-order valence-corrected chi connectivity index (χ1v) is 7.19. The van der Waals surface area contributed by atoms with Crippen molar-refractivity contribution >= 4 is 22.2 Å². The molecule has 4 aromatic rings. The second-order valence-corrected chi connectivity index (χ2v) is 5.44. The van der Waals surface area contributed by atoms with E-state index in [1.807, 2.05) is 41.8 Å². The van der Waals surface area contributed by atoms with Gasteiger partial charge in [0, 0.05) is 5.52 Å². The first kappa shape index (κ1) is 12.0. The molecule has 4 rings (SSSR count). The zero-order valence-corrected chi connectivity index (χ0v) is 11.6. The molecule has 0 saturated heterocycles. The number of nitrogens with zero attached hydrogens (tertiary/aromatic N) is 2. The number of fused-ring (bicyclic) bond motifs is 1. The molecule has 0 fully saturated rings. The molecule has 0 aliphatic rings. The lowest BCUT2D eigenvalue weighted by molar-refractivity contribution is 0.585. The van der Waals surface area contributed by atoms with Crippen molar-refractivity contribution in [1.29, 1.82) is 0 Å². The molecule has 1 aromatic carbocycles. The van der Waals surface area contributed by atoms with Gasteiger partial charge in [0.15, 0.2) is 0 Å². The molecule has 0 unspecified atom stereocenters. The maximum atomic E-state index is 12.1. The first-order valence-electron chi connectivity index (χ1n) is 6.31. The Balaban J connectivity index is 1.87. The van der Waals surface area contributed by atoms with E-state index in [2.05, 4.69) is 15.2 Å². The van der Waals surface area contributed by atoms with Crippen LogP contribution in [0.25, 0.3) is 33.1 Å². The Morgan fingerprint density at radius 3 is 2.76 bits per heavy atom. The molecular formula is C15H9N3O2S. The van der Waals surface area contributed by atoms with E-state index in [-0.39, 0.29) is 11.4 Å². The van der Waals surface area contributed by atoms with Gasteiger partial charge in [-0.15, -0.1) is 21.5 Å². The molecule has 0 aliphatic carbocycles. The highest BCUT2D eigenvalue weighted by atomic mass is 32.1. The summed E-state index contributed by atoms with van der Waals surface area (Å²) in [5, 5.41) is 10.8. The van der Waals surface area contributed by atoms with E-state index in [0.29, 0.717) is 11.5 Å². The third-order valence-electron chi connectivity index (χ3n) is 3.14. The summed E-state index contributed by atoms with van der Waals surface area (Å²) in [6.07, 6.45) is 0. The Morgan fingerprint density at radius 2 is 1.90 bits per heavy atom. The number of aromatic nitrogens is 3. The lowest BCUT2D eigenvalue weighted by Crippen LogP contribution is -2.08. The van der Waals surface area contributed by atoms with Crippen LogP contribution in [0.1, 0.15) is 0 Å². The summed E-state index contributed by atoms with van der Waals surface area (Å²) in [6.45, 7) is 0. The molecule has 3 aromatic heterocycles. The standard InChI is InChI=1S/C15H9N3O2S/c19-13-10(8-9-4-1-2-5-11(9)16-13)14-17-18-15(20-14)12-6-3-7-21-12/h1-8H,(H,16,19). The van der Waals surface area contributed by atoms with Gasteiger partial charge in [0.05, 0.1) is 4.88 Å². The largest absolute Gasteiger partial charge is 0.415 e. The SMILES string of the molecule is O=c1[nH]c2ccccc2cc1-c1nnc(-c2cccs2)o1. The van der Waals surface area contributed by atoms with E-state index in [1.54, 1.807) is 6.07 Å². The highest BCUT2D eigenvalue weighted by molar-refractivity contribution is 7.13. The highest BCUT2D eigenvalue weighted by Crippen LogP contribution is 2.26. The van der Waals surface area contributed by atoms with Crippen LogP contribution >= 0.6 is 11.3 Å². The first-order chi connectivity index (χ1) is 10.3. The third-order valence-corrected chi connectivity index (χ3v) is 4.00. The maximum absolute atomic E-state index is 12.1. The predicted octanol–water partition coefficient (Wildman–Crippen LogP) is 3.31. The topological polar surface area (TPSA) is 71.8 Å². The molecule has 0 radical (unpaired) electrons. The van der Waals surface area contributed by atoms with Crippen molar-refractivity contribution < 1.29 is 4.42 Å². The minimum Gasteiger partial charge on any atom is -0.415 e. The van der Waals surface area contributed by atoms with Gasteiger partial charge < -0.3 is 9.40 Å². The Bertz CT molecular complexity index is 970. The fourth-order valence-electron chi connectivity index (χ4n) is 2.14. The number of H-pyrrole nitrogens is 1. The molecule has 0 atom stereocenters. The number of pyridine rings is 1. The minimum absolute atomic E-state index is 0.227. The van der Waals surface area contributed by atoms with Crippen LogP contribution < -0.4 is 5.56 Å². The smallest absolute Gasteiger partial charge is 0.261 e. The quantitative estimate of drug-likeness (QED) is 0.616. The fourth-order valence-corrected chi connectivity index (χ4v) is 2.78. The van der Waals surface area contributed by atoms with Crippen LogP contribution in [-0.2, 0) is 0 Å². The molecule has 6 heteroatoms. The van der Waals surface area contributed by atoms with Gasteiger partial charge in [-0.25, -0.2) is 0 Å². The lowest BCUT2D eigenvalue weighted by atomic mass is 10.1. The number of para-hydroxylation sites is 1. The normalized spacial score (nSPS) is 11.0. The number of rotatable bonds is 2. The second-order valence-electron chi connectivity index (χ2n) is 4.49. The van der Waals surface area contributed by atoms with Crippen molar-refractivity contribution in [3.05, 3.63) is 58.2 Å². The lowest BCUT2D eigenvalue weighted by Gasteiger charge is -1.99. The summed E-state index contributed by atoms with van der Waals surface area (Å²) in [5.41, 5.74) is 0.920. The summed E-state index contributed by atoms with van der Waals surface area (Å²) in [4.78, 5) is 15.8. The maximum Gasteiger partial charge on any atom is 0.261 e. The summed E-state index contributed by atoms with van der Waals surface area (Å²) >= 11 is 1.51. The number of thiophene rings is 1. The molecule has 0 aliphatic heterocycles. The molecule has 3 heterocycles. The van der Waals surface area contributed by atoms with Crippen molar-refractivity contribution in [2.75, 3.05) is 0 Å². The van der Waals surface area contributed by atoms with Crippen molar-refractivity contribution in [3.63, 3.8) is 0 Å². The van der Waals surface area contributed by atoms with Gasteiger partial charge in [-0.1, -0.05) is 24.3 Å². The number of aromatic amines is 1. The second kappa shape index (κ2) is 4.68. The van der Waals surface area contributed by atoms with Crippen molar-refractivity contribution in [2.45, 2.75) is 0 Å². The van der Waals surface area contributed by atoms with Crippen molar-refractivity contribution in [3.8, 4) is 22.2 Å². The number of nitrogens with one attached hydrogen (secondary N) is 1. The molecule has 102 valence electrons. The van der Waals surface area contributed by atoms with E-state index in [0.717, 1.165) is 15.8 Å². The third kappa shape index (κ3) is 2.05. The van der Waals surface area contributed by atoms with Gasteiger partial charge in [0.1, 0.15) is 5.56 Å². The zero-order chi connectivity index (χ0) is 14.2. The number of hydrogen-bond acceptors (Lipinski definition) is 5. The van der Waals surface area contributed by atoms with Crippen molar-refractivity contribution in [2.24, 2.45) is 0 Å². The van der Waals surface area contributed by atoms with Gasteiger partial charge in [-0.05, 0) is 29.0 Å². The molecule has 0 saturated carbocycles. The molecule has 5 nitrogen and oxygen atoms in total. The molecule has 0 spiro atoms. The van der Waals surface area contributed by atoms with Gasteiger partial charge in [-0.3, -0.25) is 4.79 Å². The van der Waals surface area contributed by atoms with Gasteiger partial charge in [0.2, 0.25) is 0 Å². The average molecular weight is 295 g/mol. The van der Waals surface area contributed by atoms with E-state index in [9.17, 15) is 4.79 Å². The van der Waals surface area contributed by atoms with Crippen LogP contribution in [0.5, 0.6) is 0 Å². The minimum atomic E-state index is -0.241. The Morgan fingerprint density at radius 1 is 1.05 bits per heavy atom. The summed E-state index contributed by atoms with van der Waals surface area (Å²) < 4.78 is 5.61. The van der Waals surface area contributed by atoms with Crippen LogP contribution in [-0.4, -0.2) is 15.2 Å². The number of hydrogen-bond donors (Lipinski definition) is 1. The van der Waals surface area contributed by atoms with E-state index < -0.39 is 0 Å². The molecule has 1 N–H and O–H groups in total. The molecular weight excluding hydrogens is 286 g/mol.